The van der Waals surface area contributed by atoms with Crippen LogP contribution >= 0.6 is 31.5 Å². The molecule has 0 heterocycles. The summed E-state index contributed by atoms with van der Waals surface area (Å²) in [5.41, 5.74) is 0.871. The molecule has 0 aliphatic carbocycles. The number of rotatable bonds is 2. The van der Waals surface area contributed by atoms with Crippen LogP contribution in [0, 0.1) is 0 Å². The molecule has 0 aromatic heterocycles. The fourth-order valence-corrected chi connectivity index (χ4v) is 1.64. The van der Waals surface area contributed by atoms with E-state index in [-0.39, 0.29) is 0 Å². The first-order valence-electron chi connectivity index (χ1n) is 2.95. The molecule has 0 saturated carbocycles. The fourth-order valence-electron chi connectivity index (χ4n) is 0.763. The predicted molar refractivity (Wildman–Crippen MR) is 57.4 cm³/mol. The molecule has 1 aromatic carbocycles. The van der Waals surface area contributed by atoms with Crippen LogP contribution in [0.1, 0.15) is 0 Å². The van der Waals surface area contributed by atoms with Crippen LogP contribution in [0.2, 0.25) is 0 Å². The predicted octanol–water partition coefficient (Wildman–Crippen LogP) is 2.35. The lowest BCUT2D eigenvalue weighted by molar-refractivity contribution is 0.647. The van der Waals surface area contributed by atoms with Gasteiger partial charge in [-0.2, -0.15) is 0 Å². The number of hydrogen-bond donors (Lipinski definition) is 2. The van der Waals surface area contributed by atoms with Gasteiger partial charge in [0.1, 0.15) is 5.75 Å². The van der Waals surface area contributed by atoms with Crippen molar-refractivity contribution in [2.24, 2.45) is 0 Å². The van der Waals surface area contributed by atoms with Gasteiger partial charge in [0, 0.05) is 4.90 Å². The topological polar surface area (TPSA) is 21.3 Å². The van der Waals surface area contributed by atoms with E-state index >= 15 is 0 Å². The van der Waals surface area contributed by atoms with Crippen LogP contribution in [-0.4, -0.2) is 0 Å². The zero-order valence-electron chi connectivity index (χ0n) is 5.74. The Morgan fingerprint density at radius 1 is 1.45 bits per heavy atom. The number of thiol groups is 1. The highest BCUT2D eigenvalue weighted by Gasteiger charge is 2.02. The molecule has 60 valence electrons. The molecule has 2 unspecified atom stereocenters. The zero-order chi connectivity index (χ0) is 8.27. The van der Waals surface area contributed by atoms with Crippen LogP contribution in [0.25, 0.3) is 0 Å². The van der Waals surface area contributed by atoms with Crippen molar-refractivity contribution >= 4 is 37.2 Å². The molecule has 2 nitrogen and oxygen atoms in total. The minimum atomic E-state index is 0.762. The van der Waals surface area contributed by atoms with E-state index in [0.29, 0.717) is 0 Å². The Kier molecular flexibility index (Phi) is 3.45. The molecule has 0 fully saturated rings. The van der Waals surface area contributed by atoms with E-state index in [1.54, 1.807) is 0 Å². The first kappa shape index (κ1) is 9.12. The highest BCUT2D eigenvalue weighted by molar-refractivity contribution is 7.80. The largest absolute Gasteiger partial charge is 0.478 e. The maximum Gasteiger partial charge on any atom is 0.146 e. The van der Waals surface area contributed by atoms with Crippen LogP contribution in [0.15, 0.2) is 23.1 Å². The molecule has 0 spiro atoms. The van der Waals surface area contributed by atoms with Gasteiger partial charge in [-0.25, -0.2) is 0 Å². The van der Waals surface area contributed by atoms with Gasteiger partial charge < -0.3 is 9.61 Å². The van der Waals surface area contributed by atoms with Crippen LogP contribution in [0.5, 0.6) is 5.75 Å². The average Bonchev–Trinajstić information content (AvgIpc) is 2.04. The summed E-state index contributed by atoms with van der Waals surface area (Å²) in [5, 5.41) is 2.92. The van der Waals surface area contributed by atoms with Crippen molar-refractivity contribution in [3.8, 4) is 5.75 Å². The smallest absolute Gasteiger partial charge is 0.146 e. The average molecular weight is 205 g/mol. The Labute approximate surface area is 76.1 Å². The first-order chi connectivity index (χ1) is 5.29. The summed E-state index contributed by atoms with van der Waals surface area (Å²) < 4.78 is 5.01. The van der Waals surface area contributed by atoms with Crippen molar-refractivity contribution in [1.29, 1.82) is 0 Å². The monoisotopic (exact) mass is 205 g/mol. The Bertz CT molecular complexity index is 256. The Morgan fingerprint density at radius 2 is 2.18 bits per heavy atom. The van der Waals surface area contributed by atoms with Crippen LogP contribution in [0.3, 0.4) is 0 Å². The second kappa shape index (κ2) is 4.15. The lowest BCUT2D eigenvalue weighted by Gasteiger charge is -2.08. The molecular formula is C6H9NOP2S. The Balaban J connectivity index is 3.13. The maximum atomic E-state index is 5.01. The number of nitrogens with one attached hydrogen (secondary N) is 1. The van der Waals surface area contributed by atoms with Crippen molar-refractivity contribution in [2.75, 3.05) is 5.09 Å². The van der Waals surface area contributed by atoms with Gasteiger partial charge in [-0.05, 0) is 21.5 Å². The normalized spacial score (nSPS) is 9.36. The molecular weight excluding hydrogens is 196 g/mol. The second-order valence-electron chi connectivity index (χ2n) is 1.91. The van der Waals surface area contributed by atoms with Gasteiger partial charge in [0.2, 0.25) is 0 Å². The number of hydrogen-bond acceptors (Lipinski definition) is 3. The summed E-state index contributed by atoms with van der Waals surface area (Å²) in [7, 11) is 4.60. The maximum absolute atomic E-state index is 5.01. The van der Waals surface area contributed by atoms with Gasteiger partial charge in [-0.1, -0.05) is 6.07 Å². The van der Waals surface area contributed by atoms with Crippen molar-refractivity contribution in [2.45, 2.75) is 4.90 Å². The fraction of sp³-hybridized carbons (Fsp3) is 0. The van der Waals surface area contributed by atoms with Crippen LogP contribution < -0.4 is 9.61 Å². The lowest BCUT2D eigenvalue weighted by atomic mass is 10.3. The quantitative estimate of drug-likeness (QED) is 0.571. The number of benzene rings is 1. The van der Waals surface area contributed by atoms with Crippen molar-refractivity contribution in [3.05, 3.63) is 18.2 Å². The van der Waals surface area contributed by atoms with Gasteiger partial charge in [-0.15, -0.1) is 12.6 Å². The third-order valence-electron chi connectivity index (χ3n) is 1.28. The third kappa shape index (κ3) is 1.99. The van der Waals surface area contributed by atoms with E-state index in [2.05, 4.69) is 36.6 Å². The van der Waals surface area contributed by atoms with Gasteiger partial charge in [0.15, 0.2) is 0 Å². The molecule has 0 aliphatic rings. The molecule has 0 saturated heterocycles. The molecule has 0 amide bonds. The summed E-state index contributed by atoms with van der Waals surface area (Å²) in [5.74, 6) is 0.762. The van der Waals surface area contributed by atoms with Crippen LogP contribution in [-0.2, 0) is 0 Å². The highest BCUT2D eigenvalue weighted by atomic mass is 32.1. The van der Waals surface area contributed by atoms with Crippen LogP contribution in [0.4, 0.5) is 5.69 Å². The number of para-hydroxylation sites is 1. The minimum absolute atomic E-state index is 0.762. The van der Waals surface area contributed by atoms with Crippen molar-refractivity contribution in [3.63, 3.8) is 0 Å². The summed E-state index contributed by atoms with van der Waals surface area (Å²) in [6.07, 6.45) is 0. The molecule has 1 N–H and O–H groups in total. The minimum Gasteiger partial charge on any atom is -0.478 e. The standard InChI is InChI=1S/C6H9NOP2S/c9-7-6-4(8-10)2-1-3-5(6)11/h1-3,7,11H,9-10H2. The molecule has 0 radical (unpaired) electrons. The molecule has 11 heavy (non-hydrogen) atoms. The van der Waals surface area contributed by atoms with E-state index in [4.69, 9.17) is 4.52 Å². The van der Waals surface area contributed by atoms with E-state index in [0.717, 1.165) is 16.3 Å². The second-order valence-corrected chi connectivity index (χ2v) is 2.92. The lowest BCUT2D eigenvalue weighted by Crippen LogP contribution is -1.85. The van der Waals surface area contributed by atoms with E-state index in [1.807, 2.05) is 18.2 Å². The highest BCUT2D eigenvalue weighted by Crippen LogP contribution is 2.32. The third-order valence-corrected chi connectivity index (χ3v) is 2.19. The number of anilines is 1. The van der Waals surface area contributed by atoms with E-state index in [9.17, 15) is 0 Å². The van der Waals surface area contributed by atoms with E-state index < -0.39 is 0 Å². The summed E-state index contributed by atoms with van der Waals surface area (Å²) in [6.45, 7) is 0. The van der Waals surface area contributed by atoms with Gasteiger partial charge in [-0.3, -0.25) is 0 Å². The molecule has 0 aliphatic heterocycles. The molecule has 1 aromatic rings. The Morgan fingerprint density at radius 3 is 2.64 bits per heavy atom. The van der Waals surface area contributed by atoms with Gasteiger partial charge in [0.05, 0.1) is 15.2 Å². The van der Waals surface area contributed by atoms with Gasteiger partial charge in [0.25, 0.3) is 0 Å². The molecule has 5 heteroatoms. The molecule has 2 atom stereocenters. The van der Waals surface area contributed by atoms with Crippen molar-refractivity contribution in [1.82, 2.24) is 0 Å². The Hall–Kier alpha value is 0.0300. The molecule has 1 rings (SSSR count). The molecule has 0 bridgehead atoms. The van der Waals surface area contributed by atoms with Gasteiger partial charge >= 0.3 is 0 Å². The SMILES string of the molecule is PNc1c(S)cccc1OP. The van der Waals surface area contributed by atoms with Crippen molar-refractivity contribution < 1.29 is 4.52 Å². The summed E-state index contributed by atoms with van der Waals surface area (Å²) in [4.78, 5) is 0.861. The first-order valence-corrected chi connectivity index (χ1v) is 4.44. The van der Waals surface area contributed by atoms with E-state index in [1.165, 1.54) is 0 Å². The summed E-state index contributed by atoms with van der Waals surface area (Å²) >= 11 is 4.24. The zero-order valence-corrected chi connectivity index (χ0v) is 8.95. The summed E-state index contributed by atoms with van der Waals surface area (Å²) in [6, 6.07) is 5.63.